The number of carbonyl (C=O) groups excluding carboxylic acids is 1. The first-order valence-electron chi connectivity index (χ1n) is 20.3. The summed E-state index contributed by atoms with van der Waals surface area (Å²) in [5.41, 5.74) is 0. The average molecular weight is 728 g/mol. The number of hydrogen-bond donors (Lipinski definition) is 0. The summed E-state index contributed by atoms with van der Waals surface area (Å²) in [6, 6.07) is 0. The third-order valence-corrected chi connectivity index (χ3v) is 9.47. The second-order valence-electron chi connectivity index (χ2n) is 14.7. The van der Waals surface area contributed by atoms with Crippen LogP contribution in [0.3, 0.4) is 0 Å². The number of rotatable bonds is 37. The fourth-order valence-electron chi connectivity index (χ4n) is 5.29. The van der Waals surface area contributed by atoms with Gasteiger partial charge >= 0.3 is 5.97 Å². The van der Waals surface area contributed by atoms with Crippen molar-refractivity contribution in [3.63, 3.8) is 0 Å². The lowest BCUT2D eigenvalue weighted by molar-refractivity contribution is -0.870. The molecule has 0 aliphatic heterocycles. The van der Waals surface area contributed by atoms with Gasteiger partial charge in [0, 0.05) is 6.42 Å². The lowest BCUT2D eigenvalue weighted by atomic mass is 10.0. The van der Waals surface area contributed by atoms with E-state index in [1.807, 2.05) is 27.2 Å². The first-order chi connectivity index (χ1) is 24.1. The van der Waals surface area contributed by atoms with Crippen LogP contribution in [-0.4, -0.2) is 64.1 Å². The van der Waals surface area contributed by atoms with Crippen molar-refractivity contribution in [3.8, 4) is 0 Å². The number of hydrogen-bond acceptors (Lipinski definition) is 7. The molecule has 0 rings (SSSR count). The highest BCUT2D eigenvalue weighted by Crippen LogP contribution is 2.38. The van der Waals surface area contributed by atoms with Gasteiger partial charge < -0.3 is 27.9 Å². The summed E-state index contributed by atoms with van der Waals surface area (Å²) in [6.07, 6.45) is 39.5. The van der Waals surface area contributed by atoms with Gasteiger partial charge in [0.05, 0.1) is 34.0 Å². The summed E-state index contributed by atoms with van der Waals surface area (Å²) in [5, 5.41) is 0. The minimum atomic E-state index is -4.54. The quantitative estimate of drug-likeness (QED) is 0.0157. The largest absolute Gasteiger partial charge is 0.756 e. The Bertz CT molecular complexity index is 900. The molecular formula is C41H78NO7P. The number of nitrogens with zero attached hydrogens (tertiary/aromatic N) is 1. The van der Waals surface area contributed by atoms with Crippen LogP contribution in [0.4, 0.5) is 0 Å². The first kappa shape index (κ1) is 48.6. The van der Waals surface area contributed by atoms with Crippen LogP contribution in [0.2, 0.25) is 0 Å². The molecule has 0 saturated carbocycles. The third-order valence-electron chi connectivity index (χ3n) is 8.51. The summed E-state index contributed by atoms with van der Waals surface area (Å²) >= 11 is 0. The Morgan fingerprint density at radius 3 is 1.70 bits per heavy atom. The maximum Gasteiger partial charge on any atom is 0.306 e. The van der Waals surface area contributed by atoms with Gasteiger partial charge in [-0.25, -0.2) is 0 Å². The van der Waals surface area contributed by atoms with Crippen LogP contribution in [0.15, 0.2) is 36.6 Å². The molecule has 0 spiro atoms. The molecule has 50 heavy (non-hydrogen) atoms. The van der Waals surface area contributed by atoms with E-state index in [0.717, 1.165) is 57.8 Å². The highest BCUT2D eigenvalue weighted by molar-refractivity contribution is 7.45. The smallest absolute Gasteiger partial charge is 0.306 e. The van der Waals surface area contributed by atoms with Crippen molar-refractivity contribution in [1.82, 2.24) is 0 Å². The fourth-order valence-corrected chi connectivity index (χ4v) is 6.02. The van der Waals surface area contributed by atoms with Crippen molar-refractivity contribution < 1.29 is 37.3 Å². The summed E-state index contributed by atoms with van der Waals surface area (Å²) in [4.78, 5) is 24.9. The molecule has 0 radical (unpaired) electrons. The Hall–Kier alpha value is -1.44. The topological polar surface area (TPSA) is 94.1 Å². The summed E-state index contributed by atoms with van der Waals surface area (Å²) in [7, 11) is 1.31. The number of quaternary nitrogens is 1. The molecule has 294 valence electrons. The van der Waals surface area contributed by atoms with Gasteiger partial charge in [0.1, 0.15) is 19.8 Å². The lowest BCUT2D eigenvalue weighted by Crippen LogP contribution is -2.37. The van der Waals surface area contributed by atoms with Crippen molar-refractivity contribution in [2.45, 2.75) is 174 Å². The number of unbranched alkanes of at least 4 members (excludes halogenated alkanes) is 19. The van der Waals surface area contributed by atoms with Gasteiger partial charge in [-0.05, 0) is 51.0 Å². The van der Waals surface area contributed by atoms with E-state index in [-0.39, 0.29) is 32.2 Å². The van der Waals surface area contributed by atoms with E-state index in [1.165, 1.54) is 89.9 Å². The Morgan fingerprint density at radius 1 is 0.640 bits per heavy atom. The summed E-state index contributed by atoms with van der Waals surface area (Å²) < 4.78 is 34.2. The Morgan fingerprint density at radius 2 is 1.14 bits per heavy atom. The molecule has 0 heterocycles. The zero-order valence-corrected chi connectivity index (χ0v) is 34.0. The third kappa shape index (κ3) is 37.8. The van der Waals surface area contributed by atoms with Crippen molar-refractivity contribution in [2.75, 3.05) is 47.5 Å². The molecular weight excluding hydrogens is 649 g/mol. The minimum Gasteiger partial charge on any atom is -0.756 e. The molecule has 2 atom stereocenters. The van der Waals surface area contributed by atoms with Crippen LogP contribution in [-0.2, 0) is 27.9 Å². The molecule has 0 bridgehead atoms. The molecule has 8 nitrogen and oxygen atoms in total. The number of phosphoric acid groups is 1. The fraction of sp³-hybridized carbons (Fsp3) is 0.829. The van der Waals surface area contributed by atoms with Gasteiger partial charge in [-0.15, -0.1) is 0 Å². The predicted octanol–water partition coefficient (Wildman–Crippen LogP) is 11.2. The van der Waals surface area contributed by atoms with Gasteiger partial charge in [0.25, 0.3) is 7.82 Å². The number of esters is 1. The van der Waals surface area contributed by atoms with Gasteiger partial charge in [0.2, 0.25) is 0 Å². The van der Waals surface area contributed by atoms with Crippen LogP contribution in [0.5, 0.6) is 0 Å². The maximum atomic E-state index is 12.6. The monoisotopic (exact) mass is 728 g/mol. The molecule has 0 aromatic rings. The summed E-state index contributed by atoms with van der Waals surface area (Å²) in [6.45, 7) is 4.67. The summed E-state index contributed by atoms with van der Waals surface area (Å²) in [5.74, 6) is -0.371. The number of likely N-dealkylation sites (N-methyl/N-ethyl adjacent to an activating group) is 1. The van der Waals surface area contributed by atoms with E-state index in [2.05, 4.69) is 38.2 Å². The Balaban J connectivity index is 4.36. The molecule has 0 fully saturated rings. The lowest BCUT2D eigenvalue weighted by Gasteiger charge is -2.28. The highest BCUT2D eigenvalue weighted by Gasteiger charge is 2.20. The second-order valence-corrected chi connectivity index (χ2v) is 16.1. The second kappa shape index (κ2) is 34.6. The zero-order valence-electron chi connectivity index (χ0n) is 33.1. The minimum absolute atomic E-state index is 0.0137. The molecule has 0 N–H and O–H groups in total. The molecule has 0 aromatic heterocycles. The van der Waals surface area contributed by atoms with Gasteiger partial charge in [-0.3, -0.25) is 9.36 Å². The normalized spacial score (nSPS) is 14.2. The number of allylic oxidation sites excluding steroid dienone is 5. The van der Waals surface area contributed by atoms with Crippen LogP contribution in [0, 0.1) is 0 Å². The van der Waals surface area contributed by atoms with Gasteiger partial charge in [0.15, 0.2) is 6.10 Å². The number of ether oxygens (including phenoxy) is 2. The van der Waals surface area contributed by atoms with Crippen molar-refractivity contribution in [2.24, 2.45) is 0 Å². The number of carbonyl (C=O) groups is 1. The van der Waals surface area contributed by atoms with E-state index in [1.54, 1.807) is 6.26 Å². The van der Waals surface area contributed by atoms with Gasteiger partial charge in [-0.1, -0.05) is 141 Å². The van der Waals surface area contributed by atoms with Crippen LogP contribution in [0.25, 0.3) is 0 Å². The van der Waals surface area contributed by atoms with E-state index < -0.39 is 13.9 Å². The number of phosphoric ester groups is 1. The van der Waals surface area contributed by atoms with E-state index >= 15 is 0 Å². The maximum absolute atomic E-state index is 12.6. The van der Waals surface area contributed by atoms with Crippen LogP contribution < -0.4 is 4.89 Å². The van der Waals surface area contributed by atoms with E-state index in [0.29, 0.717) is 11.0 Å². The van der Waals surface area contributed by atoms with Crippen LogP contribution in [0.1, 0.15) is 168 Å². The molecule has 0 aliphatic rings. The standard InChI is InChI=1S/C41H78NO7P/c1-6-8-10-12-14-16-18-20-22-24-26-28-30-32-34-41(43)49-40(39-48-50(44,45)47-37-35-42(3,4)5)38-46-36-33-31-29-27-25-23-21-19-17-15-13-11-9-7-2/h12,14,18,20,33,36,40H,6-11,13,15-17,19,21-32,34-35,37-39H2,1-5H3/b14-12+,20-18+,36-33+/t40-/m1/s1. The zero-order chi connectivity index (χ0) is 37.0. The Kier molecular flexibility index (Phi) is 33.6. The van der Waals surface area contributed by atoms with Crippen molar-refractivity contribution in [1.29, 1.82) is 0 Å². The average Bonchev–Trinajstić information content (AvgIpc) is 3.06. The predicted molar refractivity (Wildman–Crippen MR) is 208 cm³/mol. The SMILES string of the molecule is CCCC/C=C/C/C=C/CCCCCCCC(=O)O[C@H](CO/C=C/CCCCCCCCCCCCCC)COP(=O)([O-])OCC[N+](C)(C)C. The highest BCUT2D eigenvalue weighted by atomic mass is 31.2. The first-order valence-corrected chi connectivity index (χ1v) is 21.7. The van der Waals surface area contributed by atoms with Crippen molar-refractivity contribution >= 4 is 13.8 Å². The molecule has 0 amide bonds. The molecule has 0 saturated heterocycles. The van der Waals surface area contributed by atoms with Gasteiger partial charge in [-0.2, -0.15) is 0 Å². The molecule has 1 unspecified atom stereocenters. The van der Waals surface area contributed by atoms with Crippen molar-refractivity contribution in [3.05, 3.63) is 36.6 Å². The Labute approximate surface area is 308 Å². The van der Waals surface area contributed by atoms with Crippen LogP contribution >= 0.6 is 7.82 Å². The molecule has 0 aromatic carbocycles. The molecule has 0 aliphatic carbocycles. The molecule has 9 heteroatoms. The van der Waals surface area contributed by atoms with E-state index in [9.17, 15) is 14.3 Å². The van der Waals surface area contributed by atoms with E-state index in [4.69, 9.17) is 18.5 Å².